The number of hydrogen-bond acceptors (Lipinski definition) is 8. The Morgan fingerprint density at radius 2 is 2.07 bits per heavy atom. The molecule has 0 radical (unpaired) electrons. The van der Waals surface area contributed by atoms with E-state index >= 15 is 0 Å². The quantitative estimate of drug-likeness (QED) is 0.504. The molecule has 1 heterocycles. The molecular formula is C20H21ClN4O5. The summed E-state index contributed by atoms with van der Waals surface area (Å²) in [5.41, 5.74) is -0.404. The Bertz CT molecular complexity index is 1090. The number of hydrogen-bond donors (Lipinski definition) is 2. The molecule has 0 aliphatic heterocycles. The first-order valence-corrected chi connectivity index (χ1v) is 9.48. The van der Waals surface area contributed by atoms with E-state index in [0.717, 1.165) is 4.57 Å². The number of esters is 1. The van der Waals surface area contributed by atoms with E-state index in [2.05, 4.69) is 10.2 Å². The molecule has 2 aromatic rings. The number of benzene rings is 1. The number of nitriles is 1. The van der Waals surface area contributed by atoms with Crippen LogP contribution in [0.4, 0.5) is 11.4 Å². The number of aliphatic hydroxyl groups excluding tert-OH is 1. The standard InChI is InChI=1S/C20H21ClN4O5/c1-11(2)30-20(29)14-9-13(5-6-16(14)21)23-24-17-12(3)15(10-22)18(27)25(19(17)28)7-4-8-26/h5-6,9,11,26-27H,4,7-8H2,1-3H3. The monoisotopic (exact) mass is 432 g/mol. The van der Waals surface area contributed by atoms with Crippen LogP contribution in [-0.4, -0.2) is 33.5 Å². The lowest BCUT2D eigenvalue weighted by molar-refractivity contribution is 0.0378. The summed E-state index contributed by atoms with van der Waals surface area (Å²) in [4.78, 5) is 24.9. The number of carbonyl (C=O) groups excluding carboxylic acids is 1. The Labute approximate surface area is 177 Å². The number of aromatic nitrogens is 1. The van der Waals surface area contributed by atoms with Gasteiger partial charge < -0.3 is 14.9 Å². The second-order valence-electron chi connectivity index (χ2n) is 6.64. The van der Waals surface area contributed by atoms with Crippen molar-refractivity contribution in [3.8, 4) is 11.9 Å². The maximum absolute atomic E-state index is 12.7. The predicted molar refractivity (Wildman–Crippen MR) is 110 cm³/mol. The molecule has 0 atom stereocenters. The minimum absolute atomic E-state index is 0.00474. The topological polar surface area (TPSA) is 137 Å². The normalized spacial score (nSPS) is 11.1. The first-order valence-electron chi connectivity index (χ1n) is 9.10. The van der Waals surface area contributed by atoms with Gasteiger partial charge in [0.1, 0.15) is 11.6 Å². The van der Waals surface area contributed by atoms with Crippen molar-refractivity contribution in [2.24, 2.45) is 10.2 Å². The van der Waals surface area contributed by atoms with Gasteiger partial charge in [-0.15, -0.1) is 5.11 Å². The van der Waals surface area contributed by atoms with Crippen molar-refractivity contribution in [2.75, 3.05) is 6.61 Å². The van der Waals surface area contributed by atoms with Crippen molar-refractivity contribution in [2.45, 2.75) is 39.8 Å². The molecule has 0 spiro atoms. The smallest absolute Gasteiger partial charge is 0.339 e. The third kappa shape index (κ3) is 5.03. The van der Waals surface area contributed by atoms with Gasteiger partial charge in [-0.25, -0.2) is 4.79 Å². The molecule has 30 heavy (non-hydrogen) atoms. The SMILES string of the molecule is Cc1c(C#N)c(O)n(CCCO)c(=O)c1N=Nc1ccc(Cl)c(C(=O)OC(C)C)c1. The van der Waals surface area contributed by atoms with Crippen molar-refractivity contribution in [3.63, 3.8) is 0 Å². The van der Waals surface area contributed by atoms with Crippen LogP contribution in [0, 0.1) is 18.3 Å². The number of ether oxygens (including phenoxy) is 1. The fourth-order valence-electron chi connectivity index (χ4n) is 2.61. The first-order chi connectivity index (χ1) is 14.2. The minimum Gasteiger partial charge on any atom is -0.493 e. The van der Waals surface area contributed by atoms with Crippen LogP contribution in [-0.2, 0) is 11.3 Å². The summed E-state index contributed by atoms with van der Waals surface area (Å²) in [6.07, 6.45) is -0.128. The van der Waals surface area contributed by atoms with Crippen LogP contribution in [0.1, 0.15) is 41.8 Å². The number of aliphatic hydroxyl groups is 1. The van der Waals surface area contributed by atoms with E-state index in [0.29, 0.717) is 0 Å². The van der Waals surface area contributed by atoms with Gasteiger partial charge in [0.05, 0.1) is 22.4 Å². The Balaban J connectivity index is 2.51. The number of halogens is 1. The fraction of sp³-hybridized carbons (Fsp3) is 0.350. The Morgan fingerprint density at radius 3 is 2.67 bits per heavy atom. The molecule has 158 valence electrons. The van der Waals surface area contributed by atoms with Crippen molar-refractivity contribution in [3.05, 3.63) is 50.3 Å². The summed E-state index contributed by atoms with van der Waals surface area (Å²) >= 11 is 6.06. The van der Waals surface area contributed by atoms with Gasteiger partial charge >= 0.3 is 5.97 Å². The van der Waals surface area contributed by atoms with Gasteiger partial charge in [0.2, 0.25) is 5.88 Å². The lowest BCUT2D eigenvalue weighted by Gasteiger charge is -2.12. The van der Waals surface area contributed by atoms with Crippen molar-refractivity contribution >= 4 is 28.9 Å². The molecule has 0 aliphatic carbocycles. The number of carbonyl (C=O) groups is 1. The van der Waals surface area contributed by atoms with Gasteiger partial charge in [0, 0.05) is 18.7 Å². The predicted octanol–water partition coefficient (Wildman–Crippen LogP) is 3.75. The van der Waals surface area contributed by atoms with E-state index < -0.39 is 17.4 Å². The van der Waals surface area contributed by atoms with Crippen LogP contribution < -0.4 is 5.56 Å². The zero-order chi connectivity index (χ0) is 22.4. The van der Waals surface area contributed by atoms with Gasteiger partial charge in [0.15, 0.2) is 5.69 Å². The highest BCUT2D eigenvalue weighted by molar-refractivity contribution is 6.33. The summed E-state index contributed by atoms with van der Waals surface area (Å²) in [5.74, 6) is -1.11. The number of aromatic hydroxyl groups is 1. The molecule has 1 aromatic carbocycles. The number of rotatable bonds is 7. The zero-order valence-electron chi connectivity index (χ0n) is 16.7. The highest BCUT2D eigenvalue weighted by atomic mass is 35.5. The minimum atomic E-state index is -0.658. The Kier molecular flexibility index (Phi) is 7.69. The summed E-state index contributed by atoms with van der Waals surface area (Å²) in [6.45, 7) is 4.69. The second-order valence-corrected chi connectivity index (χ2v) is 7.04. The third-order valence-electron chi connectivity index (χ3n) is 4.09. The van der Waals surface area contributed by atoms with E-state index in [-0.39, 0.29) is 58.8 Å². The van der Waals surface area contributed by atoms with Gasteiger partial charge in [0.25, 0.3) is 5.56 Å². The molecule has 0 fully saturated rings. The van der Waals surface area contributed by atoms with E-state index in [1.54, 1.807) is 13.8 Å². The lowest BCUT2D eigenvalue weighted by Crippen LogP contribution is -2.22. The second kappa shape index (κ2) is 10.0. The van der Waals surface area contributed by atoms with Gasteiger partial charge in [-0.3, -0.25) is 9.36 Å². The average molecular weight is 433 g/mol. The average Bonchev–Trinajstić information content (AvgIpc) is 2.68. The highest BCUT2D eigenvalue weighted by Crippen LogP contribution is 2.28. The Morgan fingerprint density at radius 1 is 1.37 bits per heavy atom. The molecule has 2 N–H and O–H groups in total. The molecule has 0 aliphatic rings. The number of pyridine rings is 1. The van der Waals surface area contributed by atoms with Crippen molar-refractivity contribution in [1.29, 1.82) is 5.26 Å². The van der Waals surface area contributed by atoms with Gasteiger partial charge in [-0.1, -0.05) is 11.6 Å². The van der Waals surface area contributed by atoms with Crippen molar-refractivity contribution in [1.82, 2.24) is 4.57 Å². The molecule has 0 bridgehead atoms. The van der Waals surface area contributed by atoms with E-state index in [9.17, 15) is 20.0 Å². The molecule has 1 aromatic heterocycles. The van der Waals surface area contributed by atoms with Gasteiger partial charge in [-0.2, -0.15) is 10.4 Å². The molecule has 0 amide bonds. The van der Waals surface area contributed by atoms with Crippen LogP contribution in [0.25, 0.3) is 0 Å². The van der Waals surface area contributed by atoms with Crippen LogP contribution in [0.5, 0.6) is 5.88 Å². The van der Waals surface area contributed by atoms with Gasteiger partial charge in [-0.05, 0) is 45.4 Å². The van der Waals surface area contributed by atoms with E-state index in [1.165, 1.54) is 25.1 Å². The maximum Gasteiger partial charge on any atom is 0.339 e. The summed E-state index contributed by atoms with van der Waals surface area (Å²) < 4.78 is 6.10. The van der Waals surface area contributed by atoms with E-state index in [1.807, 2.05) is 6.07 Å². The number of nitrogens with zero attached hydrogens (tertiary/aromatic N) is 4. The molecule has 2 rings (SSSR count). The first kappa shape index (κ1) is 23.1. The molecular weight excluding hydrogens is 412 g/mol. The van der Waals surface area contributed by atoms with Crippen LogP contribution in [0.15, 0.2) is 33.2 Å². The summed E-state index contributed by atoms with van der Waals surface area (Å²) in [7, 11) is 0. The summed E-state index contributed by atoms with van der Waals surface area (Å²) in [6, 6.07) is 6.18. The van der Waals surface area contributed by atoms with Crippen LogP contribution in [0.3, 0.4) is 0 Å². The molecule has 10 heteroatoms. The summed E-state index contributed by atoms with van der Waals surface area (Å²) in [5, 5.41) is 36.7. The highest BCUT2D eigenvalue weighted by Gasteiger charge is 2.19. The lowest BCUT2D eigenvalue weighted by atomic mass is 10.1. The zero-order valence-corrected chi connectivity index (χ0v) is 17.5. The maximum atomic E-state index is 12.7. The van der Waals surface area contributed by atoms with E-state index in [4.69, 9.17) is 21.4 Å². The fourth-order valence-corrected chi connectivity index (χ4v) is 2.81. The largest absolute Gasteiger partial charge is 0.493 e. The Hall–Kier alpha value is -3.22. The molecule has 0 saturated heterocycles. The molecule has 9 nitrogen and oxygen atoms in total. The van der Waals surface area contributed by atoms with Crippen molar-refractivity contribution < 1.29 is 19.7 Å². The van der Waals surface area contributed by atoms with Crippen LogP contribution >= 0.6 is 11.6 Å². The molecule has 0 saturated carbocycles. The van der Waals surface area contributed by atoms with Crippen LogP contribution in [0.2, 0.25) is 5.02 Å². The number of azo groups is 1. The molecule has 0 unspecified atom stereocenters. The third-order valence-corrected chi connectivity index (χ3v) is 4.42.